The van der Waals surface area contributed by atoms with Crippen molar-refractivity contribution in [1.29, 1.82) is 0 Å². The number of carbonyl (C=O) groups is 1. The Morgan fingerprint density at radius 2 is 1.90 bits per heavy atom. The van der Waals surface area contributed by atoms with Crippen LogP contribution in [0.15, 0.2) is 42.7 Å². The molecule has 12 heteroatoms. The smallest absolute Gasteiger partial charge is 0.324 e. The van der Waals surface area contributed by atoms with Gasteiger partial charge in [0.05, 0.1) is 17.5 Å². The lowest BCUT2D eigenvalue weighted by molar-refractivity contribution is 0.262. The third kappa shape index (κ3) is 4.31. The van der Waals surface area contributed by atoms with E-state index in [1.807, 2.05) is 0 Å². The van der Waals surface area contributed by atoms with E-state index >= 15 is 0 Å². The average molecular weight is 447 g/mol. The fourth-order valence-corrected chi connectivity index (χ4v) is 2.92. The number of methoxy groups -OCH3 is 1. The normalized spacial score (nSPS) is 10.7. The van der Waals surface area contributed by atoms with Crippen molar-refractivity contribution in [3.05, 3.63) is 59.4 Å². The van der Waals surface area contributed by atoms with Crippen LogP contribution in [0.3, 0.4) is 0 Å². The van der Waals surface area contributed by atoms with Gasteiger partial charge in [-0.2, -0.15) is 0 Å². The third-order valence-corrected chi connectivity index (χ3v) is 4.34. The van der Waals surface area contributed by atoms with E-state index in [-0.39, 0.29) is 28.2 Å². The van der Waals surface area contributed by atoms with Crippen molar-refractivity contribution in [3.63, 3.8) is 0 Å². The molecule has 1 aromatic carbocycles. The molecule has 0 unspecified atom stereocenters. The van der Waals surface area contributed by atoms with Gasteiger partial charge in [-0.05, 0) is 12.1 Å². The maximum Gasteiger partial charge on any atom is 0.324 e. The van der Waals surface area contributed by atoms with Gasteiger partial charge in [0.15, 0.2) is 23.2 Å². The molecule has 0 bridgehead atoms. The zero-order valence-electron chi connectivity index (χ0n) is 15.7. The van der Waals surface area contributed by atoms with Gasteiger partial charge in [0, 0.05) is 36.3 Å². The number of pyridine rings is 1. The number of nitrogens with zero attached hydrogens (tertiary/aromatic N) is 3. The molecule has 31 heavy (non-hydrogen) atoms. The van der Waals surface area contributed by atoms with Crippen molar-refractivity contribution in [2.45, 2.75) is 0 Å². The van der Waals surface area contributed by atoms with Crippen LogP contribution in [0.4, 0.5) is 25.1 Å². The standard InChI is InChI=1S/C19H13ClF2N6O3/c1-30-15-3-2-14(27-28-15)26-19(29)25-9-6-11(21)17(12(22)7-9)31-13-4-5-23-18-16(13)10(20)8-24-18/h2-8H,1H3,(H,23,24)(H2,25,26,27,29). The molecule has 0 spiro atoms. The minimum absolute atomic E-state index is 0.115. The summed E-state index contributed by atoms with van der Waals surface area (Å²) >= 11 is 6.08. The minimum atomic E-state index is -1.03. The summed E-state index contributed by atoms with van der Waals surface area (Å²) in [7, 11) is 1.42. The van der Waals surface area contributed by atoms with Gasteiger partial charge in [-0.25, -0.2) is 18.6 Å². The predicted molar refractivity (Wildman–Crippen MR) is 109 cm³/mol. The zero-order valence-corrected chi connectivity index (χ0v) is 16.5. The quantitative estimate of drug-likeness (QED) is 0.408. The van der Waals surface area contributed by atoms with Crippen LogP contribution in [-0.2, 0) is 0 Å². The molecule has 0 radical (unpaired) electrons. The Morgan fingerprint density at radius 3 is 2.58 bits per heavy atom. The summed E-state index contributed by atoms with van der Waals surface area (Å²) in [5.74, 6) is -2.22. The number of amides is 2. The lowest BCUT2D eigenvalue weighted by atomic mass is 10.2. The van der Waals surface area contributed by atoms with Crippen LogP contribution < -0.4 is 20.1 Å². The fourth-order valence-electron chi connectivity index (χ4n) is 2.69. The highest BCUT2D eigenvalue weighted by Crippen LogP contribution is 2.36. The third-order valence-electron chi connectivity index (χ3n) is 4.05. The number of aromatic nitrogens is 4. The first-order valence-electron chi connectivity index (χ1n) is 8.69. The number of carbonyl (C=O) groups excluding carboxylic acids is 1. The molecule has 0 saturated carbocycles. The van der Waals surface area contributed by atoms with Crippen LogP contribution in [0, 0.1) is 11.6 Å². The summed E-state index contributed by atoms with van der Waals surface area (Å²) in [6.07, 6.45) is 2.89. The van der Waals surface area contributed by atoms with Crippen LogP contribution in [0.1, 0.15) is 0 Å². The van der Waals surface area contributed by atoms with Gasteiger partial charge in [-0.1, -0.05) is 11.6 Å². The number of hydrogen-bond donors (Lipinski definition) is 3. The molecule has 0 aliphatic rings. The van der Waals surface area contributed by atoms with E-state index in [1.165, 1.54) is 37.7 Å². The number of nitrogens with one attached hydrogen (secondary N) is 3. The second-order valence-electron chi connectivity index (χ2n) is 6.08. The van der Waals surface area contributed by atoms with E-state index in [2.05, 4.69) is 30.8 Å². The maximum absolute atomic E-state index is 14.6. The van der Waals surface area contributed by atoms with Gasteiger partial charge >= 0.3 is 6.03 Å². The molecule has 9 nitrogen and oxygen atoms in total. The second-order valence-corrected chi connectivity index (χ2v) is 6.49. The number of aromatic amines is 1. The van der Waals surface area contributed by atoms with E-state index in [0.717, 1.165) is 12.1 Å². The van der Waals surface area contributed by atoms with Crippen molar-refractivity contribution >= 4 is 40.2 Å². The summed E-state index contributed by atoms with van der Waals surface area (Å²) in [6.45, 7) is 0. The number of fused-ring (bicyclic) bond motifs is 1. The summed E-state index contributed by atoms with van der Waals surface area (Å²) in [5, 5.41) is 12.8. The van der Waals surface area contributed by atoms with E-state index in [0.29, 0.717) is 11.0 Å². The Balaban J connectivity index is 1.51. The van der Waals surface area contributed by atoms with Crippen molar-refractivity contribution in [1.82, 2.24) is 20.2 Å². The fraction of sp³-hybridized carbons (Fsp3) is 0.0526. The lowest BCUT2D eigenvalue weighted by Gasteiger charge is -2.12. The van der Waals surface area contributed by atoms with E-state index in [1.54, 1.807) is 0 Å². The predicted octanol–water partition coefficient (Wildman–Crippen LogP) is 4.73. The second kappa shape index (κ2) is 8.40. The SMILES string of the molecule is COc1ccc(NC(=O)Nc2cc(F)c(Oc3ccnc4[nH]cc(Cl)c34)c(F)c2)nn1. The molecule has 0 aliphatic carbocycles. The molecule has 158 valence electrons. The van der Waals surface area contributed by atoms with Crippen LogP contribution in [0.25, 0.3) is 11.0 Å². The molecule has 0 aliphatic heterocycles. The number of hydrogen-bond acceptors (Lipinski definition) is 6. The molecule has 4 aromatic rings. The van der Waals surface area contributed by atoms with Crippen LogP contribution in [0.5, 0.6) is 17.4 Å². The Hall–Kier alpha value is -3.99. The molecule has 4 rings (SSSR count). The number of ether oxygens (including phenoxy) is 2. The average Bonchev–Trinajstić information content (AvgIpc) is 3.13. The molecular weight excluding hydrogens is 434 g/mol. The highest BCUT2D eigenvalue weighted by molar-refractivity contribution is 6.36. The first kappa shape index (κ1) is 20.3. The topological polar surface area (TPSA) is 114 Å². The highest BCUT2D eigenvalue weighted by atomic mass is 35.5. The highest BCUT2D eigenvalue weighted by Gasteiger charge is 2.18. The Labute approximate surface area is 178 Å². The Bertz CT molecular complexity index is 1240. The molecule has 3 heterocycles. The van der Waals surface area contributed by atoms with Crippen LogP contribution in [0.2, 0.25) is 5.02 Å². The van der Waals surface area contributed by atoms with Gasteiger partial charge in [-0.15, -0.1) is 10.2 Å². The summed E-state index contributed by atoms with van der Waals surface area (Å²) < 4.78 is 39.4. The minimum Gasteiger partial charge on any atom is -0.480 e. The van der Waals surface area contributed by atoms with E-state index < -0.39 is 23.4 Å². The molecule has 0 fully saturated rings. The van der Waals surface area contributed by atoms with Crippen molar-refractivity contribution in [2.75, 3.05) is 17.7 Å². The molecule has 3 N–H and O–H groups in total. The largest absolute Gasteiger partial charge is 0.480 e. The monoisotopic (exact) mass is 446 g/mol. The summed E-state index contributed by atoms with van der Waals surface area (Å²) in [5.41, 5.74) is 0.265. The van der Waals surface area contributed by atoms with Crippen molar-refractivity contribution in [2.24, 2.45) is 0 Å². The molecule has 0 atom stereocenters. The lowest BCUT2D eigenvalue weighted by Crippen LogP contribution is -2.20. The van der Waals surface area contributed by atoms with Gasteiger partial charge in [0.2, 0.25) is 5.88 Å². The number of benzene rings is 1. The van der Waals surface area contributed by atoms with Crippen molar-refractivity contribution < 1.29 is 23.0 Å². The van der Waals surface area contributed by atoms with Crippen LogP contribution >= 0.6 is 11.6 Å². The number of urea groups is 1. The number of halogens is 3. The molecule has 2 amide bonds. The number of anilines is 2. The van der Waals surface area contributed by atoms with E-state index in [9.17, 15) is 13.6 Å². The first-order valence-corrected chi connectivity index (χ1v) is 9.06. The van der Waals surface area contributed by atoms with Crippen molar-refractivity contribution in [3.8, 4) is 17.4 Å². The molecule has 0 saturated heterocycles. The van der Waals surface area contributed by atoms with Crippen LogP contribution in [-0.4, -0.2) is 33.3 Å². The number of H-pyrrole nitrogens is 1. The molecule has 3 aromatic heterocycles. The summed E-state index contributed by atoms with van der Waals surface area (Å²) in [6, 6.07) is 5.41. The van der Waals surface area contributed by atoms with Gasteiger partial charge in [0.25, 0.3) is 0 Å². The zero-order chi connectivity index (χ0) is 22.0. The van der Waals surface area contributed by atoms with E-state index in [4.69, 9.17) is 21.1 Å². The van der Waals surface area contributed by atoms with Gasteiger partial charge < -0.3 is 19.8 Å². The van der Waals surface area contributed by atoms with Gasteiger partial charge in [-0.3, -0.25) is 5.32 Å². The maximum atomic E-state index is 14.6. The Kier molecular flexibility index (Phi) is 5.50. The van der Waals surface area contributed by atoms with Gasteiger partial charge in [0.1, 0.15) is 11.4 Å². The first-order chi connectivity index (χ1) is 14.9. The Morgan fingerprint density at radius 1 is 1.13 bits per heavy atom. The molecular formula is C19H13ClF2N6O3. The number of rotatable bonds is 5. The summed E-state index contributed by atoms with van der Waals surface area (Å²) in [4.78, 5) is 18.9.